The van der Waals surface area contributed by atoms with Gasteiger partial charge in [0.1, 0.15) is 11.3 Å². The van der Waals surface area contributed by atoms with Gasteiger partial charge in [0.2, 0.25) is 0 Å². The van der Waals surface area contributed by atoms with E-state index < -0.39 is 0 Å². The number of allylic oxidation sites excluding steroid dienone is 2. The number of pyridine rings is 1. The van der Waals surface area contributed by atoms with Gasteiger partial charge in [-0.15, -0.1) is 29.1 Å². The van der Waals surface area contributed by atoms with Crippen LogP contribution >= 0.6 is 0 Å². The number of furan rings is 1. The Hall–Kier alpha value is -3.53. The first kappa shape index (κ1) is 46.2. The molecule has 2 aromatic heterocycles. The molecule has 0 spiro atoms. The van der Waals surface area contributed by atoms with E-state index in [4.69, 9.17) is 9.40 Å². The fourth-order valence-corrected chi connectivity index (χ4v) is 9.13. The van der Waals surface area contributed by atoms with E-state index in [9.17, 15) is 9.90 Å². The molecule has 0 saturated heterocycles. The summed E-state index contributed by atoms with van der Waals surface area (Å²) < 4.78 is 6.33. The molecule has 2 heterocycles. The monoisotopic (exact) mass is 947 g/mol. The summed E-state index contributed by atoms with van der Waals surface area (Å²) in [6, 6.07) is 27.5. The van der Waals surface area contributed by atoms with E-state index in [-0.39, 0.29) is 48.9 Å². The van der Waals surface area contributed by atoms with Crippen molar-refractivity contribution < 1.29 is 34.4 Å². The van der Waals surface area contributed by atoms with Crippen molar-refractivity contribution in [2.45, 2.75) is 127 Å². The number of aromatic nitrogens is 1. The van der Waals surface area contributed by atoms with E-state index in [1.165, 1.54) is 53.7 Å². The van der Waals surface area contributed by atoms with Gasteiger partial charge < -0.3 is 9.52 Å². The van der Waals surface area contributed by atoms with Gasteiger partial charge in [0, 0.05) is 60.9 Å². The molecule has 1 saturated carbocycles. The molecule has 1 aliphatic rings. The summed E-state index contributed by atoms with van der Waals surface area (Å²) in [6.07, 6.45) is 8.51. The first-order valence-corrected chi connectivity index (χ1v) is 21.2. The predicted octanol–water partition coefficient (Wildman–Crippen LogP) is 14.9. The molecule has 5 aromatic rings. The first-order valence-electron chi connectivity index (χ1n) is 21.2. The van der Waals surface area contributed by atoms with Gasteiger partial charge in [0.15, 0.2) is 5.78 Å². The van der Waals surface area contributed by atoms with Crippen LogP contribution in [0.3, 0.4) is 0 Å². The largest absolute Gasteiger partial charge is 0.512 e. The topological polar surface area (TPSA) is 63.3 Å². The molecule has 0 atom stereocenters. The van der Waals surface area contributed by atoms with Crippen molar-refractivity contribution in [2.75, 3.05) is 0 Å². The summed E-state index contributed by atoms with van der Waals surface area (Å²) in [7, 11) is 0. The Morgan fingerprint density at radius 1 is 0.842 bits per heavy atom. The van der Waals surface area contributed by atoms with Crippen LogP contribution in [0.25, 0.3) is 44.3 Å². The third-order valence-electron chi connectivity index (χ3n) is 12.1. The number of benzene rings is 3. The van der Waals surface area contributed by atoms with Gasteiger partial charge in [0.25, 0.3) is 0 Å². The summed E-state index contributed by atoms with van der Waals surface area (Å²) in [6.45, 7) is 28.2. The number of hydrogen-bond donors (Lipinski definition) is 1. The molecule has 309 valence electrons. The Kier molecular flexibility index (Phi) is 15.4. The zero-order chi connectivity index (χ0) is 41.1. The minimum absolute atomic E-state index is 0. The summed E-state index contributed by atoms with van der Waals surface area (Å²) in [5.41, 5.74) is 7.19. The Balaban J connectivity index is 0.000000309. The number of rotatable bonds is 10. The zero-order valence-electron chi connectivity index (χ0n) is 36.9. The fraction of sp³-hybridized carbons (Fsp3) is 0.500. The van der Waals surface area contributed by atoms with E-state index in [0.717, 1.165) is 33.6 Å². The van der Waals surface area contributed by atoms with E-state index in [0.29, 0.717) is 35.0 Å². The number of carbonyl (C=O) groups is 1. The second kappa shape index (κ2) is 19.0. The van der Waals surface area contributed by atoms with Crippen molar-refractivity contribution in [3.63, 3.8) is 0 Å². The van der Waals surface area contributed by atoms with Gasteiger partial charge in [-0.1, -0.05) is 131 Å². The van der Waals surface area contributed by atoms with Crippen LogP contribution in [0.4, 0.5) is 0 Å². The van der Waals surface area contributed by atoms with Crippen LogP contribution < -0.4 is 0 Å². The van der Waals surface area contributed by atoms with Crippen LogP contribution in [0.1, 0.15) is 133 Å². The molecule has 3 aromatic carbocycles. The number of aliphatic hydroxyl groups excluding tert-OH is 1. The quantitative estimate of drug-likeness (QED) is 0.0861. The molecule has 0 aliphatic heterocycles. The van der Waals surface area contributed by atoms with E-state index in [1.807, 2.05) is 12.3 Å². The third-order valence-corrected chi connectivity index (χ3v) is 12.1. The minimum atomic E-state index is -0.0119. The molecule has 57 heavy (non-hydrogen) atoms. The van der Waals surface area contributed by atoms with Gasteiger partial charge in [-0.25, -0.2) is 0 Å². The molecule has 1 radical (unpaired) electrons. The van der Waals surface area contributed by atoms with Crippen molar-refractivity contribution in [3.8, 4) is 22.6 Å². The fourth-order valence-electron chi connectivity index (χ4n) is 9.13. The average Bonchev–Trinajstić information content (AvgIpc) is 3.54. The zero-order valence-corrected chi connectivity index (χ0v) is 39.3. The minimum Gasteiger partial charge on any atom is -0.512 e. The number of hydrogen-bond acceptors (Lipinski definition) is 4. The number of nitrogens with zero attached hydrogens (tertiary/aromatic N) is 1. The van der Waals surface area contributed by atoms with Crippen molar-refractivity contribution >= 4 is 27.5 Å². The van der Waals surface area contributed by atoms with Gasteiger partial charge in [-0.05, 0) is 95.9 Å². The number of aliphatic hydroxyl groups is 1. The van der Waals surface area contributed by atoms with E-state index >= 15 is 0 Å². The van der Waals surface area contributed by atoms with Crippen LogP contribution in [-0.4, -0.2) is 15.9 Å². The molecule has 1 fully saturated rings. The maximum Gasteiger partial charge on any atom is 0.162 e. The maximum atomic E-state index is 12.3. The van der Waals surface area contributed by atoms with E-state index in [2.05, 4.69) is 157 Å². The van der Waals surface area contributed by atoms with E-state index in [1.54, 1.807) is 0 Å². The predicted molar refractivity (Wildman–Crippen MR) is 237 cm³/mol. The third kappa shape index (κ3) is 11.4. The Labute approximate surface area is 357 Å². The molecule has 0 amide bonds. The average molecular weight is 947 g/mol. The van der Waals surface area contributed by atoms with Crippen LogP contribution in [-0.2, 0) is 30.3 Å². The molecule has 5 heteroatoms. The smallest absolute Gasteiger partial charge is 0.162 e. The maximum absolute atomic E-state index is 12.3. The summed E-state index contributed by atoms with van der Waals surface area (Å²) >= 11 is 0. The second-order valence-corrected chi connectivity index (χ2v) is 19.7. The number of ketones is 1. The van der Waals surface area contributed by atoms with Crippen LogP contribution in [0.15, 0.2) is 89.2 Å². The second-order valence-electron chi connectivity index (χ2n) is 19.7. The molecule has 6 rings (SSSR count). The molecular weight excluding hydrogens is 879 g/mol. The molecule has 0 bridgehead atoms. The summed E-state index contributed by atoms with van der Waals surface area (Å²) in [4.78, 5) is 17.1. The van der Waals surface area contributed by atoms with Crippen molar-refractivity contribution in [2.24, 2.45) is 40.9 Å². The molecule has 1 aliphatic carbocycles. The van der Waals surface area contributed by atoms with Gasteiger partial charge in [-0.3, -0.25) is 9.78 Å². The SMILES string of the molecule is CC(C)C(C(=O)/C=C(\O)C(C(C)C)C(C)C)C(C)C.CC1(C)CCC(c2ccc3oc(-c4ccnc(-c5[c-]c6ccccc6c(C(C)(C)C)c5)c4)cc3c2)CC1.[Ir]. The number of fused-ring (bicyclic) bond motifs is 2. The van der Waals surface area contributed by atoms with Crippen molar-refractivity contribution in [1.82, 2.24) is 4.98 Å². The molecule has 1 N–H and O–H groups in total. The Morgan fingerprint density at radius 3 is 2.05 bits per heavy atom. The summed E-state index contributed by atoms with van der Waals surface area (Å²) in [5, 5.41) is 13.8. The van der Waals surface area contributed by atoms with Gasteiger partial charge in [0.05, 0.1) is 5.76 Å². The molecule has 0 unspecified atom stereocenters. The Bertz CT molecular complexity index is 2120. The van der Waals surface area contributed by atoms with Crippen molar-refractivity contribution in [3.05, 3.63) is 102 Å². The summed E-state index contributed by atoms with van der Waals surface area (Å²) in [5.74, 6) is 3.17. The molecular formula is C52H68IrNO3-. The number of carbonyl (C=O) groups excluding carboxylic acids is 1. The van der Waals surface area contributed by atoms with Crippen LogP contribution in [0, 0.1) is 47.0 Å². The standard InChI is InChI=1S/C35H36NO.C17H32O2.Ir/c1-34(2,3)30-20-27(19-25-8-6-7-9-29(25)30)31-21-26(14-17-36-31)33-22-28-18-24(10-11-32(28)37-33)23-12-15-35(4,5)16-13-23;1-10(2)16(11(3)4)14(18)9-15(19)17(12(5)6)13(7)8;/h6-11,14,17-18,20-23H,12-13,15-16H2,1-5H3;9-13,16-18H,1-8H3;/q-1;;/b;14-9-;. The Morgan fingerprint density at radius 2 is 1.46 bits per heavy atom. The normalized spacial score (nSPS) is 15.2. The van der Waals surface area contributed by atoms with Crippen LogP contribution in [0.2, 0.25) is 0 Å². The van der Waals surface area contributed by atoms with Crippen molar-refractivity contribution in [1.29, 1.82) is 0 Å². The molecule has 4 nitrogen and oxygen atoms in total. The first-order chi connectivity index (χ1) is 26.3. The van der Waals surface area contributed by atoms with Gasteiger partial charge >= 0.3 is 0 Å². The van der Waals surface area contributed by atoms with Gasteiger partial charge in [-0.2, -0.15) is 0 Å². The van der Waals surface area contributed by atoms with Crippen LogP contribution in [0.5, 0.6) is 0 Å².